The van der Waals surface area contributed by atoms with Gasteiger partial charge in [0, 0.05) is 0 Å². The summed E-state index contributed by atoms with van der Waals surface area (Å²) in [7, 11) is -1.98. The van der Waals surface area contributed by atoms with Crippen molar-refractivity contribution >= 4 is 13.3 Å². The van der Waals surface area contributed by atoms with E-state index in [1.54, 1.807) is 42.5 Å². The van der Waals surface area contributed by atoms with Crippen LogP contribution in [0.5, 0.6) is 11.5 Å². The van der Waals surface area contributed by atoms with E-state index in [1.165, 1.54) is 6.07 Å². The summed E-state index contributed by atoms with van der Waals surface area (Å²) in [4.78, 5) is 0. The molecule has 0 aromatic heterocycles. The number of hydrogen-bond acceptors (Lipinski definition) is 3. The first-order chi connectivity index (χ1) is 7.77. The van der Waals surface area contributed by atoms with Gasteiger partial charge in [0.05, 0.1) is 0 Å². The topological polar surface area (TPSA) is 46.5 Å². The molecular weight excluding hydrogens is 223 g/mol. The lowest BCUT2D eigenvalue weighted by Gasteiger charge is -1.95. The Bertz CT molecular complexity index is 497. The Morgan fingerprint density at radius 1 is 0.938 bits per heavy atom. The Hall–Kier alpha value is -1.86. The Morgan fingerprint density at radius 2 is 1.56 bits per heavy atom. The van der Waals surface area contributed by atoms with Gasteiger partial charge < -0.3 is 5.11 Å². The molecule has 0 saturated carbocycles. The van der Waals surface area contributed by atoms with Crippen LogP contribution < -0.4 is 9.83 Å². The third-order valence-corrected chi connectivity index (χ3v) is 3.10. The average Bonchev–Trinajstić information content (AvgIpc) is 2.33. The predicted molar refractivity (Wildman–Crippen MR) is 62.4 cm³/mol. The maximum absolute atomic E-state index is 11.8. The molecule has 1 atom stereocenters. The van der Waals surface area contributed by atoms with E-state index in [0.717, 1.165) is 0 Å². The highest BCUT2D eigenvalue weighted by atomic mass is 31.1. The van der Waals surface area contributed by atoms with Crippen molar-refractivity contribution in [3.8, 4) is 11.5 Å². The molecule has 0 spiro atoms. The minimum Gasteiger partial charge on any atom is -0.504 e. The first-order valence-corrected chi connectivity index (χ1v) is 5.93. The van der Waals surface area contributed by atoms with Gasteiger partial charge >= 0.3 is 8.03 Å². The quantitative estimate of drug-likeness (QED) is 0.829. The lowest BCUT2D eigenvalue weighted by molar-refractivity contribution is 0.438. The highest BCUT2D eigenvalue weighted by molar-refractivity contribution is 7.48. The molecule has 80 valence electrons. The molecular formula is C12H10O3P+. The minimum atomic E-state index is -1.98. The fourth-order valence-electron chi connectivity index (χ4n) is 1.23. The fourth-order valence-corrected chi connectivity index (χ4v) is 2.08. The lowest BCUT2D eigenvalue weighted by atomic mass is 10.3. The molecule has 0 aliphatic carbocycles. The van der Waals surface area contributed by atoms with E-state index in [-0.39, 0.29) is 11.5 Å². The first-order valence-electron chi connectivity index (χ1n) is 4.75. The second kappa shape index (κ2) is 4.77. The summed E-state index contributed by atoms with van der Waals surface area (Å²) < 4.78 is 17.0. The molecule has 0 amide bonds. The van der Waals surface area contributed by atoms with Crippen molar-refractivity contribution in [2.75, 3.05) is 0 Å². The molecule has 0 radical (unpaired) electrons. The van der Waals surface area contributed by atoms with Gasteiger partial charge in [-0.15, -0.1) is 0 Å². The van der Waals surface area contributed by atoms with Crippen LogP contribution in [0.25, 0.3) is 0 Å². The van der Waals surface area contributed by atoms with Gasteiger partial charge in [0.15, 0.2) is 5.75 Å². The summed E-state index contributed by atoms with van der Waals surface area (Å²) in [5, 5.41) is 10.1. The summed E-state index contributed by atoms with van der Waals surface area (Å²) in [5.74, 6) is 0.217. The molecule has 2 aromatic rings. The van der Waals surface area contributed by atoms with E-state index in [2.05, 4.69) is 0 Å². The lowest BCUT2D eigenvalue weighted by Crippen LogP contribution is -1.98. The summed E-state index contributed by atoms with van der Waals surface area (Å²) >= 11 is 0. The summed E-state index contributed by atoms with van der Waals surface area (Å²) in [6.45, 7) is 0. The molecule has 16 heavy (non-hydrogen) atoms. The van der Waals surface area contributed by atoms with E-state index in [9.17, 15) is 9.67 Å². The van der Waals surface area contributed by atoms with Crippen LogP contribution >= 0.6 is 8.03 Å². The second-order valence-corrected chi connectivity index (χ2v) is 4.36. The second-order valence-electron chi connectivity index (χ2n) is 3.15. The van der Waals surface area contributed by atoms with Crippen molar-refractivity contribution in [2.45, 2.75) is 0 Å². The summed E-state index contributed by atoms with van der Waals surface area (Å²) in [5.41, 5.74) is 0. The molecule has 0 aliphatic heterocycles. The van der Waals surface area contributed by atoms with Crippen molar-refractivity contribution in [1.29, 1.82) is 0 Å². The monoisotopic (exact) mass is 233 g/mol. The number of aromatic hydroxyl groups is 1. The van der Waals surface area contributed by atoms with Crippen LogP contribution in [0.15, 0.2) is 54.6 Å². The number of para-hydroxylation sites is 2. The zero-order valence-corrected chi connectivity index (χ0v) is 9.30. The first kappa shape index (κ1) is 10.7. The minimum absolute atomic E-state index is 0.0122. The van der Waals surface area contributed by atoms with Gasteiger partial charge in [-0.05, 0) is 28.8 Å². The van der Waals surface area contributed by atoms with E-state index < -0.39 is 8.03 Å². The SMILES string of the molecule is O=[P+](Oc1ccccc1O)c1ccccc1. The zero-order chi connectivity index (χ0) is 11.4. The van der Waals surface area contributed by atoms with Crippen LogP contribution in [0.4, 0.5) is 0 Å². The van der Waals surface area contributed by atoms with Crippen LogP contribution in [0.2, 0.25) is 0 Å². The molecule has 0 bridgehead atoms. The van der Waals surface area contributed by atoms with Crippen molar-refractivity contribution in [3.05, 3.63) is 54.6 Å². The van der Waals surface area contributed by atoms with E-state index in [0.29, 0.717) is 5.30 Å². The Balaban J connectivity index is 2.18. The van der Waals surface area contributed by atoms with Gasteiger partial charge in [-0.3, -0.25) is 0 Å². The van der Waals surface area contributed by atoms with Crippen molar-refractivity contribution in [3.63, 3.8) is 0 Å². The van der Waals surface area contributed by atoms with E-state index in [4.69, 9.17) is 4.52 Å². The molecule has 0 heterocycles. The molecule has 0 fully saturated rings. The Labute approximate surface area is 94.2 Å². The number of phenolic OH excluding ortho intramolecular Hbond substituents is 1. The fraction of sp³-hybridized carbons (Fsp3) is 0. The molecule has 1 N–H and O–H groups in total. The third kappa shape index (κ3) is 2.38. The normalized spacial score (nSPS) is 10.9. The van der Waals surface area contributed by atoms with Gasteiger partial charge in [0.1, 0.15) is 0 Å². The van der Waals surface area contributed by atoms with Crippen LogP contribution in [0.1, 0.15) is 0 Å². The van der Waals surface area contributed by atoms with E-state index in [1.807, 2.05) is 6.07 Å². The number of hydrogen-bond donors (Lipinski definition) is 1. The standard InChI is InChI=1S/C12H9O3P/c13-11-8-4-5-9-12(11)15-16(14)10-6-2-1-3-7-10/h1-9H/p+1. The van der Waals surface area contributed by atoms with Crippen molar-refractivity contribution < 1.29 is 14.2 Å². The largest absolute Gasteiger partial charge is 0.597 e. The van der Waals surface area contributed by atoms with Crippen LogP contribution in [0.3, 0.4) is 0 Å². The maximum atomic E-state index is 11.8. The number of benzene rings is 2. The van der Waals surface area contributed by atoms with E-state index >= 15 is 0 Å². The van der Waals surface area contributed by atoms with Gasteiger partial charge in [-0.2, -0.15) is 0 Å². The molecule has 3 nitrogen and oxygen atoms in total. The predicted octanol–water partition coefficient (Wildman–Crippen LogP) is 2.84. The van der Waals surface area contributed by atoms with Gasteiger partial charge in [0.25, 0.3) is 0 Å². The number of rotatable bonds is 3. The highest BCUT2D eigenvalue weighted by Gasteiger charge is 2.24. The smallest absolute Gasteiger partial charge is 0.504 e. The molecule has 1 unspecified atom stereocenters. The van der Waals surface area contributed by atoms with Gasteiger partial charge in [0.2, 0.25) is 11.1 Å². The maximum Gasteiger partial charge on any atom is 0.597 e. The van der Waals surface area contributed by atoms with Crippen LogP contribution in [-0.4, -0.2) is 5.11 Å². The number of phenols is 1. The average molecular weight is 233 g/mol. The molecule has 0 aliphatic rings. The van der Waals surface area contributed by atoms with Gasteiger partial charge in [-0.1, -0.05) is 30.3 Å². The highest BCUT2D eigenvalue weighted by Crippen LogP contribution is 2.32. The Morgan fingerprint density at radius 3 is 2.25 bits per heavy atom. The zero-order valence-electron chi connectivity index (χ0n) is 8.41. The summed E-state index contributed by atoms with van der Waals surface area (Å²) in [6, 6.07) is 15.3. The van der Waals surface area contributed by atoms with Crippen LogP contribution in [0, 0.1) is 0 Å². The molecule has 4 heteroatoms. The third-order valence-electron chi connectivity index (χ3n) is 2.01. The van der Waals surface area contributed by atoms with Crippen molar-refractivity contribution in [2.24, 2.45) is 0 Å². The summed E-state index contributed by atoms with van der Waals surface area (Å²) in [6.07, 6.45) is 0. The molecule has 0 saturated heterocycles. The Kier molecular flexibility index (Phi) is 3.18. The van der Waals surface area contributed by atoms with Gasteiger partial charge in [-0.25, -0.2) is 4.52 Å². The van der Waals surface area contributed by atoms with Crippen molar-refractivity contribution in [1.82, 2.24) is 0 Å². The molecule has 2 rings (SSSR count). The van der Waals surface area contributed by atoms with Crippen LogP contribution in [-0.2, 0) is 4.57 Å². The molecule has 2 aromatic carbocycles.